The lowest BCUT2D eigenvalue weighted by atomic mass is 10.2. The second-order valence-corrected chi connectivity index (χ2v) is 4.98. The van der Waals surface area contributed by atoms with E-state index < -0.39 is 0 Å². The third-order valence-electron chi connectivity index (χ3n) is 3.41. The molecule has 1 N–H and O–H groups in total. The maximum absolute atomic E-state index is 12.1. The van der Waals surface area contributed by atoms with E-state index in [1.165, 1.54) is 6.08 Å². The Morgan fingerprint density at radius 1 is 1.13 bits per heavy atom. The van der Waals surface area contributed by atoms with Crippen LogP contribution in [0.4, 0.5) is 5.69 Å². The highest BCUT2D eigenvalue weighted by Gasteiger charge is 2.02. The molecule has 3 rings (SSSR count). The molecule has 2 aromatic carbocycles. The van der Waals surface area contributed by atoms with Gasteiger partial charge in [-0.25, -0.2) is 0 Å². The Balaban J connectivity index is 1.74. The molecule has 0 fully saturated rings. The van der Waals surface area contributed by atoms with Crippen molar-refractivity contribution in [2.75, 3.05) is 12.4 Å². The van der Waals surface area contributed by atoms with Crippen LogP contribution in [0.25, 0.3) is 17.0 Å². The first-order valence-electron chi connectivity index (χ1n) is 7.23. The van der Waals surface area contributed by atoms with E-state index in [1.54, 1.807) is 19.4 Å². The Kier molecular flexibility index (Phi) is 4.34. The molecule has 3 aromatic rings. The first kappa shape index (κ1) is 14.8. The van der Waals surface area contributed by atoms with Crippen LogP contribution in [0.5, 0.6) is 5.75 Å². The van der Waals surface area contributed by atoms with Gasteiger partial charge in [0.2, 0.25) is 5.91 Å². The number of amides is 1. The molecule has 0 aliphatic carbocycles. The Hall–Kier alpha value is -3.14. The zero-order valence-electron chi connectivity index (χ0n) is 12.7. The van der Waals surface area contributed by atoms with Crippen molar-refractivity contribution in [3.63, 3.8) is 0 Å². The van der Waals surface area contributed by atoms with Crippen LogP contribution in [0.2, 0.25) is 0 Å². The van der Waals surface area contributed by atoms with Gasteiger partial charge in [-0.3, -0.25) is 9.78 Å². The van der Waals surface area contributed by atoms with Crippen LogP contribution in [0.3, 0.4) is 0 Å². The minimum atomic E-state index is -0.215. The number of hydrogen-bond donors (Lipinski definition) is 1. The number of benzene rings is 2. The SMILES string of the molecule is COc1ccccc1C=CC(=O)Nc1cnc2ccccc2c1. The third-order valence-corrected chi connectivity index (χ3v) is 3.41. The molecule has 4 nitrogen and oxygen atoms in total. The van der Waals surface area contributed by atoms with Crippen molar-refractivity contribution in [3.8, 4) is 5.75 Å². The number of carbonyl (C=O) groups excluding carboxylic acids is 1. The maximum Gasteiger partial charge on any atom is 0.248 e. The average Bonchev–Trinajstić information content (AvgIpc) is 2.60. The van der Waals surface area contributed by atoms with Crippen LogP contribution >= 0.6 is 0 Å². The minimum Gasteiger partial charge on any atom is -0.496 e. The van der Waals surface area contributed by atoms with E-state index in [2.05, 4.69) is 10.3 Å². The number of nitrogens with one attached hydrogen (secondary N) is 1. The Morgan fingerprint density at radius 2 is 1.91 bits per heavy atom. The number of anilines is 1. The average molecular weight is 304 g/mol. The van der Waals surface area contributed by atoms with Crippen molar-refractivity contribution in [1.82, 2.24) is 4.98 Å². The number of rotatable bonds is 4. The predicted molar refractivity (Wildman–Crippen MR) is 92.4 cm³/mol. The molecule has 0 saturated heterocycles. The Morgan fingerprint density at radius 3 is 2.78 bits per heavy atom. The van der Waals surface area contributed by atoms with Gasteiger partial charge in [-0.1, -0.05) is 36.4 Å². The minimum absolute atomic E-state index is 0.215. The topological polar surface area (TPSA) is 51.2 Å². The second kappa shape index (κ2) is 6.75. The number of pyridine rings is 1. The fourth-order valence-electron chi connectivity index (χ4n) is 2.29. The molecule has 4 heteroatoms. The van der Waals surface area contributed by atoms with Gasteiger partial charge in [0, 0.05) is 17.0 Å². The quantitative estimate of drug-likeness (QED) is 0.744. The molecule has 23 heavy (non-hydrogen) atoms. The number of para-hydroxylation sites is 2. The fraction of sp³-hybridized carbons (Fsp3) is 0.0526. The van der Waals surface area contributed by atoms with E-state index in [-0.39, 0.29) is 5.91 Å². The number of hydrogen-bond acceptors (Lipinski definition) is 3. The zero-order chi connectivity index (χ0) is 16.1. The number of ether oxygens (including phenoxy) is 1. The van der Waals surface area contributed by atoms with E-state index in [9.17, 15) is 4.79 Å². The molecule has 114 valence electrons. The first-order valence-corrected chi connectivity index (χ1v) is 7.23. The van der Waals surface area contributed by atoms with Gasteiger partial charge in [0.1, 0.15) is 5.75 Å². The van der Waals surface area contributed by atoms with E-state index in [4.69, 9.17) is 4.74 Å². The van der Waals surface area contributed by atoms with Crippen LogP contribution < -0.4 is 10.1 Å². The van der Waals surface area contributed by atoms with Gasteiger partial charge in [-0.2, -0.15) is 0 Å². The molecule has 1 aromatic heterocycles. The van der Waals surface area contributed by atoms with Gasteiger partial charge < -0.3 is 10.1 Å². The number of carbonyl (C=O) groups is 1. The number of fused-ring (bicyclic) bond motifs is 1. The van der Waals surface area contributed by atoms with Crippen molar-refractivity contribution in [3.05, 3.63) is 72.4 Å². The summed E-state index contributed by atoms with van der Waals surface area (Å²) in [7, 11) is 1.60. The van der Waals surface area contributed by atoms with Gasteiger partial charge in [-0.15, -0.1) is 0 Å². The Labute approximate surface area is 134 Å². The van der Waals surface area contributed by atoms with E-state index in [0.717, 1.165) is 22.2 Å². The number of aromatic nitrogens is 1. The van der Waals surface area contributed by atoms with Gasteiger partial charge in [0.25, 0.3) is 0 Å². The fourth-order valence-corrected chi connectivity index (χ4v) is 2.29. The largest absolute Gasteiger partial charge is 0.496 e. The summed E-state index contributed by atoms with van der Waals surface area (Å²) in [5, 5.41) is 3.80. The monoisotopic (exact) mass is 304 g/mol. The molecule has 0 saturated carbocycles. The van der Waals surface area contributed by atoms with Crippen LogP contribution in [-0.2, 0) is 4.79 Å². The molecule has 0 bridgehead atoms. The van der Waals surface area contributed by atoms with Crippen LogP contribution in [-0.4, -0.2) is 18.0 Å². The van der Waals surface area contributed by atoms with Crippen LogP contribution in [0.1, 0.15) is 5.56 Å². The molecular formula is C19H16N2O2. The van der Waals surface area contributed by atoms with E-state index in [0.29, 0.717) is 5.69 Å². The smallest absolute Gasteiger partial charge is 0.248 e. The summed E-state index contributed by atoms with van der Waals surface area (Å²) in [5.74, 6) is 0.511. The van der Waals surface area contributed by atoms with Crippen molar-refractivity contribution in [2.24, 2.45) is 0 Å². The van der Waals surface area contributed by atoms with Crippen LogP contribution in [0.15, 0.2) is 66.9 Å². The molecule has 0 aliphatic rings. The molecule has 0 aliphatic heterocycles. The lowest BCUT2D eigenvalue weighted by Gasteiger charge is -2.05. The predicted octanol–water partition coefficient (Wildman–Crippen LogP) is 3.90. The highest BCUT2D eigenvalue weighted by molar-refractivity contribution is 6.02. The van der Waals surface area contributed by atoms with Crippen molar-refractivity contribution in [2.45, 2.75) is 0 Å². The highest BCUT2D eigenvalue weighted by atomic mass is 16.5. The van der Waals surface area contributed by atoms with Gasteiger partial charge in [-0.05, 0) is 24.3 Å². The zero-order valence-corrected chi connectivity index (χ0v) is 12.7. The van der Waals surface area contributed by atoms with Crippen LogP contribution in [0, 0.1) is 0 Å². The lowest BCUT2D eigenvalue weighted by molar-refractivity contribution is -0.111. The molecule has 0 spiro atoms. The second-order valence-electron chi connectivity index (χ2n) is 4.98. The molecule has 1 heterocycles. The molecule has 0 atom stereocenters. The molecule has 0 unspecified atom stereocenters. The van der Waals surface area contributed by atoms with Crippen molar-refractivity contribution < 1.29 is 9.53 Å². The van der Waals surface area contributed by atoms with Crippen molar-refractivity contribution >= 4 is 28.6 Å². The summed E-state index contributed by atoms with van der Waals surface area (Å²) in [6, 6.07) is 17.2. The van der Waals surface area contributed by atoms with Gasteiger partial charge in [0.15, 0.2) is 0 Å². The Bertz CT molecular complexity index is 872. The summed E-state index contributed by atoms with van der Waals surface area (Å²) in [6.07, 6.45) is 4.85. The van der Waals surface area contributed by atoms with E-state index in [1.807, 2.05) is 54.6 Å². The van der Waals surface area contributed by atoms with Crippen molar-refractivity contribution in [1.29, 1.82) is 0 Å². The first-order chi connectivity index (χ1) is 11.3. The summed E-state index contributed by atoms with van der Waals surface area (Å²) >= 11 is 0. The highest BCUT2D eigenvalue weighted by Crippen LogP contribution is 2.19. The van der Waals surface area contributed by atoms with Gasteiger partial charge in [0.05, 0.1) is 24.5 Å². The summed E-state index contributed by atoms with van der Waals surface area (Å²) < 4.78 is 5.25. The normalized spacial score (nSPS) is 10.8. The summed E-state index contributed by atoms with van der Waals surface area (Å²) in [4.78, 5) is 16.4. The molecule has 0 radical (unpaired) electrons. The molecule has 1 amide bonds. The standard InChI is InChI=1S/C19H16N2O2/c1-23-18-9-5-3-6-14(18)10-11-19(22)21-16-12-15-7-2-4-8-17(15)20-13-16/h2-13H,1H3,(H,21,22). The van der Waals surface area contributed by atoms with E-state index >= 15 is 0 Å². The van der Waals surface area contributed by atoms with Gasteiger partial charge >= 0.3 is 0 Å². The summed E-state index contributed by atoms with van der Waals surface area (Å²) in [6.45, 7) is 0. The lowest BCUT2D eigenvalue weighted by Crippen LogP contribution is -2.08. The number of nitrogens with zero attached hydrogens (tertiary/aromatic N) is 1. The number of methoxy groups -OCH3 is 1. The summed E-state index contributed by atoms with van der Waals surface area (Å²) in [5.41, 5.74) is 2.41. The third kappa shape index (κ3) is 3.55. The molecular weight excluding hydrogens is 288 g/mol. The maximum atomic E-state index is 12.1.